The quantitative estimate of drug-likeness (QED) is 0.809. The standard InChI is InChI=1S/C21H29N5O/c1-23(2)21(27)16-24-12-18-6-9-20(15-24)25(14-18)13-17-4-7-19(8-5-17)26-11-3-10-22-26/h3-5,7-8,10-11,18,20H,6,9,12-16H2,1-2H3/t18-,20+/m0/s1. The van der Waals surface area contributed by atoms with E-state index in [1.807, 2.05) is 31.0 Å². The largest absolute Gasteiger partial charge is 0.348 e. The molecule has 3 fully saturated rings. The molecule has 0 N–H and O–H groups in total. The van der Waals surface area contributed by atoms with Gasteiger partial charge in [0.15, 0.2) is 0 Å². The maximum atomic E-state index is 12.1. The van der Waals surface area contributed by atoms with Gasteiger partial charge in [-0.15, -0.1) is 0 Å². The lowest BCUT2D eigenvalue weighted by Gasteiger charge is -2.36. The highest BCUT2D eigenvalue weighted by molar-refractivity contribution is 5.77. The van der Waals surface area contributed by atoms with Gasteiger partial charge in [0.25, 0.3) is 0 Å². The van der Waals surface area contributed by atoms with Crippen LogP contribution in [0.5, 0.6) is 0 Å². The zero-order valence-corrected chi connectivity index (χ0v) is 16.3. The second-order valence-electron chi connectivity index (χ2n) is 8.13. The number of likely N-dealkylation sites (N-methyl/N-ethyl adjacent to an activating group) is 1. The summed E-state index contributed by atoms with van der Waals surface area (Å²) in [6, 6.07) is 11.2. The number of hydrogen-bond donors (Lipinski definition) is 0. The Labute approximate surface area is 161 Å². The highest BCUT2D eigenvalue weighted by Gasteiger charge is 2.35. The van der Waals surface area contributed by atoms with Crippen LogP contribution in [0.4, 0.5) is 0 Å². The van der Waals surface area contributed by atoms with E-state index in [2.05, 4.69) is 39.2 Å². The molecule has 6 nitrogen and oxygen atoms in total. The molecular formula is C21H29N5O. The van der Waals surface area contributed by atoms with E-state index in [9.17, 15) is 4.79 Å². The summed E-state index contributed by atoms with van der Waals surface area (Å²) in [4.78, 5) is 18.8. The number of amides is 1. The summed E-state index contributed by atoms with van der Waals surface area (Å²) in [7, 11) is 3.68. The minimum Gasteiger partial charge on any atom is -0.348 e. The number of fused-ring (bicyclic) bond motifs is 4. The first kappa shape index (κ1) is 18.2. The van der Waals surface area contributed by atoms with Gasteiger partial charge in [-0.3, -0.25) is 14.6 Å². The second kappa shape index (κ2) is 7.82. The van der Waals surface area contributed by atoms with E-state index in [-0.39, 0.29) is 5.91 Å². The lowest BCUT2D eigenvalue weighted by atomic mass is 9.94. The van der Waals surface area contributed by atoms with Crippen molar-refractivity contribution < 1.29 is 4.79 Å². The summed E-state index contributed by atoms with van der Waals surface area (Å²) in [6.07, 6.45) is 6.29. The predicted molar refractivity (Wildman–Crippen MR) is 106 cm³/mol. The fourth-order valence-electron chi connectivity index (χ4n) is 4.34. The molecule has 1 aromatic heterocycles. The van der Waals surface area contributed by atoms with Crippen molar-refractivity contribution in [2.24, 2.45) is 5.92 Å². The lowest BCUT2D eigenvalue weighted by molar-refractivity contribution is -0.130. The molecule has 2 aromatic rings. The average Bonchev–Trinajstić information content (AvgIpc) is 3.06. The third-order valence-electron chi connectivity index (χ3n) is 5.85. The molecular weight excluding hydrogens is 338 g/mol. The molecule has 0 unspecified atom stereocenters. The Morgan fingerprint density at radius 3 is 2.67 bits per heavy atom. The molecule has 2 atom stereocenters. The number of piperidine rings is 1. The zero-order chi connectivity index (χ0) is 18.8. The second-order valence-corrected chi connectivity index (χ2v) is 8.13. The molecule has 144 valence electrons. The molecule has 1 amide bonds. The Balaban J connectivity index is 1.40. The summed E-state index contributed by atoms with van der Waals surface area (Å²) in [5.74, 6) is 0.874. The Morgan fingerprint density at radius 1 is 1.15 bits per heavy atom. The maximum Gasteiger partial charge on any atom is 0.236 e. The van der Waals surface area contributed by atoms with E-state index in [1.165, 1.54) is 18.4 Å². The van der Waals surface area contributed by atoms with Crippen molar-refractivity contribution in [1.29, 1.82) is 0 Å². The third kappa shape index (κ3) is 4.22. The zero-order valence-electron chi connectivity index (χ0n) is 16.3. The topological polar surface area (TPSA) is 44.6 Å². The van der Waals surface area contributed by atoms with Gasteiger partial charge in [-0.2, -0.15) is 5.10 Å². The van der Waals surface area contributed by atoms with E-state index in [0.717, 1.165) is 31.9 Å². The van der Waals surface area contributed by atoms with Gasteiger partial charge in [0.2, 0.25) is 5.91 Å². The molecule has 6 heteroatoms. The van der Waals surface area contributed by atoms with Crippen molar-refractivity contribution in [3.8, 4) is 5.69 Å². The number of aromatic nitrogens is 2. The molecule has 3 saturated heterocycles. The first-order chi connectivity index (χ1) is 13.1. The van der Waals surface area contributed by atoms with Crippen LogP contribution in [0.2, 0.25) is 0 Å². The predicted octanol–water partition coefficient (Wildman–Crippen LogP) is 1.86. The van der Waals surface area contributed by atoms with Crippen LogP contribution in [0.1, 0.15) is 18.4 Å². The number of carbonyl (C=O) groups is 1. The van der Waals surface area contributed by atoms with E-state index in [4.69, 9.17) is 0 Å². The molecule has 2 bridgehead atoms. The van der Waals surface area contributed by atoms with Gasteiger partial charge in [-0.25, -0.2) is 4.68 Å². The van der Waals surface area contributed by atoms with E-state index in [1.54, 1.807) is 11.1 Å². The van der Waals surface area contributed by atoms with Gasteiger partial charge in [0.05, 0.1) is 12.2 Å². The fourth-order valence-corrected chi connectivity index (χ4v) is 4.34. The van der Waals surface area contributed by atoms with Crippen LogP contribution in [0.25, 0.3) is 5.69 Å². The van der Waals surface area contributed by atoms with Crippen molar-refractivity contribution in [3.63, 3.8) is 0 Å². The third-order valence-corrected chi connectivity index (χ3v) is 5.85. The normalized spacial score (nSPS) is 23.3. The Morgan fingerprint density at radius 2 is 1.96 bits per heavy atom. The molecule has 3 aliphatic rings. The van der Waals surface area contributed by atoms with E-state index in [0.29, 0.717) is 18.5 Å². The molecule has 5 rings (SSSR count). The lowest BCUT2D eigenvalue weighted by Crippen LogP contribution is -2.44. The van der Waals surface area contributed by atoms with E-state index < -0.39 is 0 Å². The van der Waals surface area contributed by atoms with Crippen molar-refractivity contribution in [3.05, 3.63) is 48.3 Å². The Kier molecular flexibility index (Phi) is 5.27. The van der Waals surface area contributed by atoms with Gasteiger partial charge in [-0.05, 0) is 42.5 Å². The summed E-state index contributed by atoms with van der Waals surface area (Å²) in [5, 5.41) is 4.29. The van der Waals surface area contributed by atoms with Gasteiger partial charge < -0.3 is 4.90 Å². The van der Waals surface area contributed by atoms with Crippen LogP contribution < -0.4 is 0 Å². The molecule has 4 heterocycles. The molecule has 3 aliphatic heterocycles. The van der Waals surface area contributed by atoms with Crippen LogP contribution >= 0.6 is 0 Å². The van der Waals surface area contributed by atoms with Crippen molar-refractivity contribution >= 4 is 5.91 Å². The van der Waals surface area contributed by atoms with Crippen LogP contribution in [0.3, 0.4) is 0 Å². The first-order valence-electron chi connectivity index (χ1n) is 9.84. The van der Waals surface area contributed by atoms with Gasteiger partial charge in [0.1, 0.15) is 0 Å². The van der Waals surface area contributed by atoms with Gasteiger partial charge in [0, 0.05) is 58.7 Å². The molecule has 0 spiro atoms. The number of rotatable bonds is 5. The monoisotopic (exact) mass is 367 g/mol. The van der Waals surface area contributed by atoms with Crippen LogP contribution in [0, 0.1) is 5.92 Å². The average molecular weight is 367 g/mol. The van der Waals surface area contributed by atoms with Crippen LogP contribution in [0.15, 0.2) is 42.7 Å². The molecule has 0 radical (unpaired) electrons. The Bertz CT molecular complexity index is 755. The Hall–Kier alpha value is -2.18. The number of hydrogen-bond acceptors (Lipinski definition) is 4. The molecule has 0 saturated carbocycles. The summed E-state index contributed by atoms with van der Waals surface area (Å²) < 4.78 is 1.89. The summed E-state index contributed by atoms with van der Waals surface area (Å²) in [5.41, 5.74) is 2.43. The fraction of sp³-hybridized carbons (Fsp3) is 0.524. The smallest absolute Gasteiger partial charge is 0.236 e. The highest BCUT2D eigenvalue weighted by atomic mass is 16.2. The van der Waals surface area contributed by atoms with Gasteiger partial charge >= 0.3 is 0 Å². The SMILES string of the molecule is CN(C)C(=O)CN1C[C@@H]2CC[C@H](C1)N(Cc1ccc(-n3cccn3)cc1)C2. The maximum absolute atomic E-state index is 12.1. The number of benzene rings is 1. The van der Waals surface area contributed by atoms with Crippen molar-refractivity contribution in [2.45, 2.75) is 25.4 Å². The first-order valence-corrected chi connectivity index (χ1v) is 9.84. The van der Waals surface area contributed by atoms with Crippen LogP contribution in [-0.4, -0.2) is 76.7 Å². The van der Waals surface area contributed by atoms with E-state index >= 15 is 0 Å². The number of carbonyl (C=O) groups excluding carboxylic acids is 1. The number of nitrogens with zero attached hydrogens (tertiary/aromatic N) is 5. The molecule has 0 aliphatic carbocycles. The summed E-state index contributed by atoms with van der Waals surface area (Å²) >= 11 is 0. The summed E-state index contributed by atoms with van der Waals surface area (Å²) in [6.45, 7) is 4.72. The van der Waals surface area contributed by atoms with Gasteiger partial charge in [-0.1, -0.05) is 12.1 Å². The molecule has 27 heavy (non-hydrogen) atoms. The minimum absolute atomic E-state index is 0.206. The van der Waals surface area contributed by atoms with Crippen LogP contribution in [-0.2, 0) is 11.3 Å². The van der Waals surface area contributed by atoms with Crippen molar-refractivity contribution in [2.75, 3.05) is 40.3 Å². The minimum atomic E-state index is 0.206. The highest BCUT2D eigenvalue weighted by Crippen LogP contribution is 2.29. The molecule has 1 aromatic carbocycles. The van der Waals surface area contributed by atoms with Crippen molar-refractivity contribution in [1.82, 2.24) is 24.5 Å².